The smallest absolute Gasteiger partial charge is 0.235 e. The molecule has 28 heavy (non-hydrogen) atoms. The van der Waals surface area contributed by atoms with E-state index < -0.39 is 5.41 Å². The molecule has 0 bridgehead atoms. The highest BCUT2D eigenvalue weighted by Gasteiger charge is 2.42. The molecule has 0 unspecified atom stereocenters. The minimum Gasteiger partial charge on any atom is -0.493 e. The number of benzene rings is 2. The standard InChI is InChI=1S/C25H33NO2/c1-17(2)16-28-23-19(4)14-22(15-20(23)5)26-24(27)25(11-6-7-12-25)21-10-8-9-18(3)13-21/h8-10,13-15,17H,6-7,11-12,16H2,1-5H3,(H,26,27). The van der Waals surface area contributed by atoms with Gasteiger partial charge in [0.25, 0.3) is 0 Å². The maximum absolute atomic E-state index is 13.4. The van der Waals surface area contributed by atoms with Crippen LogP contribution in [-0.4, -0.2) is 12.5 Å². The van der Waals surface area contributed by atoms with E-state index in [1.165, 1.54) is 5.56 Å². The molecule has 0 spiro atoms. The molecule has 1 fully saturated rings. The molecule has 0 saturated heterocycles. The Balaban J connectivity index is 1.85. The molecule has 1 aliphatic rings. The molecule has 1 saturated carbocycles. The second-order valence-corrected chi connectivity index (χ2v) is 8.76. The number of anilines is 1. The summed E-state index contributed by atoms with van der Waals surface area (Å²) in [6.45, 7) is 11.2. The van der Waals surface area contributed by atoms with E-state index in [4.69, 9.17) is 4.74 Å². The average molecular weight is 380 g/mol. The fourth-order valence-electron chi connectivity index (χ4n) is 4.32. The van der Waals surface area contributed by atoms with Gasteiger partial charge in [0.05, 0.1) is 12.0 Å². The number of amides is 1. The van der Waals surface area contributed by atoms with Gasteiger partial charge in [-0.1, -0.05) is 56.5 Å². The van der Waals surface area contributed by atoms with E-state index >= 15 is 0 Å². The Morgan fingerprint density at radius 3 is 2.29 bits per heavy atom. The predicted molar refractivity (Wildman–Crippen MR) is 116 cm³/mol. The van der Waals surface area contributed by atoms with Crippen LogP contribution in [0, 0.1) is 26.7 Å². The van der Waals surface area contributed by atoms with E-state index in [0.717, 1.165) is 53.8 Å². The van der Waals surface area contributed by atoms with Crippen molar-refractivity contribution in [3.8, 4) is 5.75 Å². The number of hydrogen-bond donors (Lipinski definition) is 1. The van der Waals surface area contributed by atoms with Crippen LogP contribution < -0.4 is 10.1 Å². The van der Waals surface area contributed by atoms with Gasteiger partial charge in [-0.2, -0.15) is 0 Å². The van der Waals surface area contributed by atoms with Crippen LogP contribution in [0.2, 0.25) is 0 Å². The summed E-state index contributed by atoms with van der Waals surface area (Å²) in [5.74, 6) is 1.53. The van der Waals surface area contributed by atoms with Crippen LogP contribution in [0.1, 0.15) is 61.8 Å². The molecule has 3 heteroatoms. The molecule has 150 valence electrons. The zero-order valence-corrected chi connectivity index (χ0v) is 17.9. The Kier molecular flexibility index (Phi) is 6.12. The molecule has 0 aliphatic heterocycles. The van der Waals surface area contributed by atoms with E-state index in [9.17, 15) is 4.79 Å². The van der Waals surface area contributed by atoms with E-state index in [1.807, 2.05) is 26.0 Å². The van der Waals surface area contributed by atoms with Crippen molar-refractivity contribution in [1.29, 1.82) is 0 Å². The summed E-state index contributed by atoms with van der Waals surface area (Å²) in [6, 6.07) is 12.5. The van der Waals surface area contributed by atoms with Crippen molar-refractivity contribution >= 4 is 11.6 Å². The molecule has 3 nitrogen and oxygen atoms in total. The Hall–Kier alpha value is -2.29. The summed E-state index contributed by atoms with van der Waals surface area (Å²) in [6.07, 6.45) is 4.02. The van der Waals surface area contributed by atoms with Crippen LogP contribution in [0.25, 0.3) is 0 Å². The third-order valence-corrected chi connectivity index (χ3v) is 5.74. The number of nitrogens with one attached hydrogen (secondary N) is 1. The third-order valence-electron chi connectivity index (χ3n) is 5.74. The van der Waals surface area contributed by atoms with Crippen molar-refractivity contribution in [2.24, 2.45) is 5.92 Å². The summed E-state index contributed by atoms with van der Waals surface area (Å²) in [5.41, 5.74) is 4.92. The lowest BCUT2D eigenvalue weighted by atomic mass is 9.77. The first-order valence-corrected chi connectivity index (χ1v) is 10.4. The molecule has 1 amide bonds. The first-order valence-electron chi connectivity index (χ1n) is 10.4. The monoisotopic (exact) mass is 379 g/mol. The van der Waals surface area contributed by atoms with Gasteiger partial charge in [-0.05, 0) is 68.4 Å². The lowest BCUT2D eigenvalue weighted by Crippen LogP contribution is -2.38. The molecule has 0 radical (unpaired) electrons. The highest BCUT2D eigenvalue weighted by Crippen LogP contribution is 2.42. The summed E-state index contributed by atoms with van der Waals surface area (Å²) in [5, 5.41) is 3.22. The van der Waals surface area contributed by atoms with E-state index in [-0.39, 0.29) is 5.91 Å². The third kappa shape index (κ3) is 4.24. The SMILES string of the molecule is Cc1cccc(C2(C(=O)Nc3cc(C)c(OCC(C)C)c(C)c3)CCCC2)c1. The Bertz CT molecular complexity index is 824. The van der Waals surface area contributed by atoms with Crippen molar-refractivity contribution in [3.05, 3.63) is 58.7 Å². The fraction of sp³-hybridized carbons (Fsp3) is 0.480. The summed E-state index contributed by atoms with van der Waals surface area (Å²) in [4.78, 5) is 13.4. The number of hydrogen-bond acceptors (Lipinski definition) is 2. The van der Waals surface area contributed by atoms with Gasteiger partial charge in [0, 0.05) is 5.69 Å². The normalized spacial score (nSPS) is 15.6. The van der Waals surface area contributed by atoms with Gasteiger partial charge >= 0.3 is 0 Å². The molecule has 2 aromatic rings. The number of aryl methyl sites for hydroxylation is 3. The Morgan fingerprint density at radius 1 is 1.07 bits per heavy atom. The van der Waals surface area contributed by atoms with Crippen molar-refractivity contribution < 1.29 is 9.53 Å². The van der Waals surface area contributed by atoms with Crippen molar-refractivity contribution in [3.63, 3.8) is 0 Å². The first kappa shape index (κ1) is 20.4. The van der Waals surface area contributed by atoms with Crippen molar-refractivity contribution in [2.45, 2.75) is 65.7 Å². The lowest BCUT2D eigenvalue weighted by molar-refractivity contribution is -0.121. The molecule has 2 aromatic carbocycles. The quantitative estimate of drug-likeness (QED) is 0.659. The van der Waals surface area contributed by atoms with Crippen LogP contribution in [0.15, 0.2) is 36.4 Å². The second kappa shape index (κ2) is 8.38. The zero-order valence-electron chi connectivity index (χ0n) is 17.9. The Labute approximate surface area is 169 Å². The van der Waals surface area contributed by atoms with Crippen LogP contribution in [0.3, 0.4) is 0 Å². The molecular weight excluding hydrogens is 346 g/mol. The Morgan fingerprint density at radius 2 is 1.71 bits per heavy atom. The molecule has 1 N–H and O–H groups in total. The van der Waals surface area contributed by atoms with E-state index in [1.54, 1.807) is 0 Å². The first-order chi connectivity index (χ1) is 13.3. The molecule has 3 rings (SSSR count). The predicted octanol–water partition coefficient (Wildman–Crippen LogP) is 6.10. The largest absolute Gasteiger partial charge is 0.493 e. The molecule has 0 atom stereocenters. The van der Waals surface area contributed by atoms with Gasteiger partial charge in [0.1, 0.15) is 5.75 Å². The highest BCUT2D eigenvalue weighted by atomic mass is 16.5. The van der Waals surface area contributed by atoms with E-state index in [2.05, 4.69) is 50.4 Å². The van der Waals surface area contributed by atoms with Crippen LogP contribution in [0.4, 0.5) is 5.69 Å². The minimum atomic E-state index is -0.416. The van der Waals surface area contributed by atoms with Gasteiger partial charge in [0.15, 0.2) is 0 Å². The second-order valence-electron chi connectivity index (χ2n) is 8.76. The summed E-state index contributed by atoms with van der Waals surface area (Å²) in [7, 11) is 0. The van der Waals surface area contributed by atoms with E-state index in [0.29, 0.717) is 12.5 Å². The van der Waals surface area contributed by atoms with Crippen LogP contribution >= 0.6 is 0 Å². The van der Waals surface area contributed by atoms with Gasteiger partial charge in [-0.25, -0.2) is 0 Å². The topological polar surface area (TPSA) is 38.3 Å². The van der Waals surface area contributed by atoms with Gasteiger partial charge in [-0.3, -0.25) is 4.79 Å². The maximum Gasteiger partial charge on any atom is 0.235 e. The number of ether oxygens (including phenoxy) is 1. The lowest BCUT2D eigenvalue weighted by Gasteiger charge is -2.29. The molecular formula is C25H33NO2. The highest BCUT2D eigenvalue weighted by molar-refractivity contribution is 5.99. The number of rotatable bonds is 6. The summed E-state index contributed by atoms with van der Waals surface area (Å²) >= 11 is 0. The zero-order chi connectivity index (χ0) is 20.3. The summed E-state index contributed by atoms with van der Waals surface area (Å²) < 4.78 is 5.98. The average Bonchev–Trinajstić information content (AvgIpc) is 3.12. The van der Waals surface area contributed by atoms with Gasteiger partial charge in [-0.15, -0.1) is 0 Å². The van der Waals surface area contributed by atoms with Crippen molar-refractivity contribution in [2.75, 3.05) is 11.9 Å². The minimum absolute atomic E-state index is 0.116. The van der Waals surface area contributed by atoms with Gasteiger partial charge < -0.3 is 10.1 Å². The maximum atomic E-state index is 13.4. The fourth-order valence-corrected chi connectivity index (χ4v) is 4.32. The van der Waals surface area contributed by atoms with Crippen LogP contribution in [-0.2, 0) is 10.2 Å². The van der Waals surface area contributed by atoms with Crippen molar-refractivity contribution in [1.82, 2.24) is 0 Å². The molecule has 1 aliphatic carbocycles. The number of carbonyl (C=O) groups excluding carboxylic acids is 1. The van der Waals surface area contributed by atoms with Gasteiger partial charge in [0.2, 0.25) is 5.91 Å². The van der Waals surface area contributed by atoms with Crippen LogP contribution in [0.5, 0.6) is 5.75 Å². The molecule has 0 heterocycles. The number of carbonyl (C=O) groups is 1. The molecule has 0 aromatic heterocycles.